The quantitative estimate of drug-likeness (QED) is 0.0446. The van der Waals surface area contributed by atoms with Crippen molar-refractivity contribution < 1.29 is 22.8 Å². The van der Waals surface area contributed by atoms with Crippen LogP contribution in [0.5, 0.6) is 0 Å². The van der Waals surface area contributed by atoms with Crippen molar-refractivity contribution in [2.24, 2.45) is 0 Å². The van der Waals surface area contributed by atoms with Gasteiger partial charge in [-0.2, -0.15) is 0 Å². The zero-order valence-electron chi connectivity index (χ0n) is 41.0. The second-order valence-electron chi connectivity index (χ2n) is 20.2. The monoisotopic (exact) mass is 972 g/mol. The van der Waals surface area contributed by atoms with E-state index in [1.807, 2.05) is 6.08 Å². The van der Waals surface area contributed by atoms with Gasteiger partial charge in [0.15, 0.2) is 0 Å². The summed E-state index contributed by atoms with van der Waals surface area (Å²) in [6.45, 7) is 37.8. The molecule has 0 amide bonds. The molecular weight excluding hydrogens is 892 g/mol. The minimum absolute atomic E-state index is 0.120. The Morgan fingerprint density at radius 2 is 0.905 bits per heavy atom. The van der Waals surface area contributed by atoms with E-state index in [0.717, 1.165) is 22.7 Å². The summed E-state index contributed by atoms with van der Waals surface area (Å²) in [5, 5.41) is -0.263. The summed E-state index contributed by atoms with van der Waals surface area (Å²) in [5.74, 6) is 0. The van der Waals surface area contributed by atoms with Gasteiger partial charge in [-0.15, -0.1) is 0 Å². The molecule has 0 N–H and O–H groups in total. The molecule has 63 heavy (non-hydrogen) atoms. The molecule has 344 valence electrons. The second-order valence-corrected chi connectivity index (χ2v) is 37.6. The molecule has 5 nitrogen and oxygen atoms in total. The first kappa shape index (κ1) is 51.6. The van der Waals surface area contributed by atoms with Gasteiger partial charge < -0.3 is 0 Å². The van der Waals surface area contributed by atoms with Crippen molar-refractivity contribution in [3.63, 3.8) is 0 Å². The molecule has 0 bridgehead atoms. The van der Waals surface area contributed by atoms with Crippen LogP contribution in [0.2, 0.25) is 52.4 Å². The van der Waals surface area contributed by atoms with Gasteiger partial charge in [-0.25, -0.2) is 0 Å². The molecular formula is C54H80O5SeSi3. The third kappa shape index (κ3) is 11.2. The Balaban J connectivity index is 1.83. The second kappa shape index (κ2) is 22.4. The molecule has 4 aromatic rings. The van der Waals surface area contributed by atoms with Gasteiger partial charge in [0.25, 0.3) is 0 Å². The molecule has 1 aliphatic rings. The fraction of sp³-hybridized carbons (Fsp3) is 0.519. The molecule has 5 atom stereocenters. The molecule has 4 aromatic carbocycles. The van der Waals surface area contributed by atoms with Gasteiger partial charge in [0, 0.05) is 0 Å². The Labute approximate surface area is 392 Å². The van der Waals surface area contributed by atoms with Gasteiger partial charge in [-0.1, -0.05) is 0 Å². The molecule has 0 spiro atoms. The summed E-state index contributed by atoms with van der Waals surface area (Å²) in [5.41, 5.74) is 4.36. The topological polar surface area (TPSA) is 46.2 Å². The first-order valence-corrected chi connectivity index (χ1v) is 32.9. The molecule has 1 saturated heterocycles. The van der Waals surface area contributed by atoms with Crippen LogP contribution in [0.15, 0.2) is 134 Å². The summed E-state index contributed by atoms with van der Waals surface area (Å²) in [7, 11) is -7.47. The van der Waals surface area contributed by atoms with E-state index in [9.17, 15) is 0 Å². The van der Waals surface area contributed by atoms with Crippen molar-refractivity contribution in [2.75, 3.05) is 6.61 Å². The Kier molecular flexibility index (Phi) is 18.3. The van der Waals surface area contributed by atoms with Crippen LogP contribution in [-0.4, -0.2) is 75.9 Å². The van der Waals surface area contributed by atoms with Gasteiger partial charge in [0.1, 0.15) is 0 Å². The van der Waals surface area contributed by atoms with Crippen LogP contribution in [0.3, 0.4) is 0 Å². The van der Waals surface area contributed by atoms with Crippen molar-refractivity contribution in [2.45, 2.75) is 170 Å². The maximum absolute atomic E-state index is 8.26. The normalized spacial score (nSPS) is 20.4. The average molecular weight is 972 g/mol. The standard InChI is InChI=1S/C54H80O5SeSi3/c1-16-37-61(14,15)57-52-51(59-63(42(8)9,43(10)11)44(12)13)50(58-62(39(2)3,40(4)5)41(6)7)49(56-53(52)60-48-35-27-20-28-36-48)38-55-54(45-29-21-17-22-30-45,46-31-23-18-24-32-46)47-33-25-19-26-34-47/h16-36,39-44,49-53H,1,37-38H2,2-15H3/t49-,50-,51+,52-,53+/m1/s1. The number of rotatable bonds is 22. The van der Waals surface area contributed by atoms with E-state index in [0.29, 0.717) is 33.2 Å². The molecule has 1 aliphatic heterocycles. The minimum atomic E-state index is -2.58. The van der Waals surface area contributed by atoms with Crippen LogP contribution in [-0.2, 0) is 28.4 Å². The average Bonchev–Trinajstić information content (AvgIpc) is 3.24. The van der Waals surface area contributed by atoms with Crippen molar-refractivity contribution in [3.05, 3.63) is 151 Å². The van der Waals surface area contributed by atoms with Crippen molar-refractivity contribution in [3.8, 4) is 0 Å². The zero-order chi connectivity index (χ0) is 46.2. The van der Waals surface area contributed by atoms with E-state index >= 15 is 0 Å². The number of hydrogen-bond donors (Lipinski definition) is 0. The summed E-state index contributed by atoms with van der Waals surface area (Å²) < 4.78 is 41.0. The van der Waals surface area contributed by atoms with E-state index in [-0.39, 0.29) is 38.8 Å². The van der Waals surface area contributed by atoms with E-state index in [4.69, 9.17) is 22.8 Å². The maximum atomic E-state index is 8.26. The van der Waals surface area contributed by atoms with E-state index < -0.39 is 42.8 Å². The van der Waals surface area contributed by atoms with Crippen molar-refractivity contribution in [1.82, 2.24) is 0 Å². The predicted octanol–water partition coefficient (Wildman–Crippen LogP) is 13.6. The van der Waals surface area contributed by atoms with Gasteiger partial charge in [0.05, 0.1) is 0 Å². The van der Waals surface area contributed by atoms with Gasteiger partial charge in [-0.3, -0.25) is 0 Å². The summed E-state index contributed by atoms with van der Waals surface area (Å²) in [6.07, 6.45) is 0.380. The Morgan fingerprint density at radius 3 is 1.27 bits per heavy atom. The van der Waals surface area contributed by atoms with Gasteiger partial charge in [-0.05, 0) is 0 Å². The molecule has 0 unspecified atom stereocenters. The summed E-state index contributed by atoms with van der Waals surface area (Å²) in [4.78, 5) is 0. The van der Waals surface area contributed by atoms with Crippen LogP contribution in [0.4, 0.5) is 0 Å². The molecule has 1 heterocycles. The molecule has 1 fully saturated rings. The fourth-order valence-electron chi connectivity index (χ4n) is 11.2. The molecule has 0 radical (unpaired) electrons. The number of hydrogen-bond acceptors (Lipinski definition) is 5. The Morgan fingerprint density at radius 1 is 0.540 bits per heavy atom. The van der Waals surface area contributed by atoms with Crippen LogP contribution in [0, 0.1) is 0 Å². The first-order valence-electron chi connectivity index (χ1n) is 23.7. The number of ether oxygens (including phenoxy) is 2. The van der Waals surface area contributed by atoms with Crippen LogP contribution in [0.1, 0.15) is 99.8 Å². The summed E-state index contributed by atoms with van der Waals surface area (Å²) >= 11 is -0.120. The number of allylic oxidation sites excluding steroid dienone is 1. The van der Waals surface area contributed by atoms with Crippen LogP contribution >= 0.6 is 0 Å². The SMILES string of the molecule is C=CC[Si](C)(C)O[C@@H]1[C@@H](O[Si](C(C)C)(C(C)C)C(C)C)[C@H](O[Si](C(C)C)(C(C)C)C(C)C)[C@@H](COC(c2ccccc2)(c2ccccc2)c2ccccc2)O[C@H]1[Se]c1ccccc1. The first-order chi connectivity index (χ1) is 29.9. The van der Waals surface area contributed by atoms with Crippen LogP contribution in [0.25, 0.3) is 0 Å². The third-order valence-corrected chi connectivity index (χ3v) is 30.6. The molecule has 0 aromatic heterocycles. The van der Waals surface area contributed by atoms with E-state index in [2.05, 4.69) is 224 Å². The van der Waals surface area contributed by atoms with Crippen molar-refractivity contribution >= 4 is 44.4 Å². The van der Waals surface area contributed by atoms with Crippen LogP contribution < -0.4 is 4.46 Å². The predicted molar refractivity (Wildman–Crippen MR) is 275 cm³/mol. The van der Waals surface area contributed by atoms with Crippen molar-refractivity contribution in [1.29, 1.82) is 0 Å². The molecule has 0 aliphatic carbocycles. The zero-order valence-corrected chi connectivity index (χ0v) is 45.8. The fourth-order valence-corrected chi connectivity index (χ4v) is 26.7. The Bertz CT molecular complexity index is 1820. The van der Waals surface area contributed by atoms with Gasteiger partial charge in [0.2, 0.25) is 0 Å². The summed E-state index contributed by atoms with van der Waals surface area (Å²) in [6, 6.07) is 43.8. The molecule has 9 heteroatoms. The van der Waals surface area contributed by atoms with E-state index in [1.165, 1.54) is 4.46 Å². The third-order valence-electron chi connectivity index (χ3n) is 13.8. The molecule has 0 saturated carbocycles. The van der Waals surface area contributed by atoms with E-state index in [1.54, 1.807) is 0 Å². The number of benzene rings is 4. The molecule has 5 rings (SSSR count). The van der Waals surface area contributed by atoms with Gasteiger partial charge >= 0.3 is 395 Å². The Hall–Kier alpha value is -2.41.